The number of hydrogen-bond donors (Lipinski definition) is 5. The second-order valence-corrected chi connectivity index (χ2v) is 14.7. The fourth-order valence-corrected chi connectivity index (χ4v) is 7.37. The zero-order chi connectivity index (χ0) is 34.8. The standard InChI is InChI=1S/C32H46N6O8/c1-31(2,3)13-34-23-15-10-14-17(37(6)7)11-16(35-18(39)12-36(4)5)25(40)19(14)26(41)20(15)28(43)32(46)22(23)24(38(8)9)27(42)21(29(32)44)30(33)45/h11,15,20-24,34,40,46H,10,12-13H2,1-9H3,(H2,33,45)(H,35,39)/t15-,20?,21?,22+,23+,24+,32+/m1/s1. The average molecular weight is 643 g/mol. The predicted octanol–water partition coefficient (Wildman–Crippen LogP) is -0.953. The van der Waals surface area contributed by atoms with Gasteiger partial charge in [-0.25, -0.2) is 0 Å². The van der Waals surface area contributed by atoms with Gasteiger partial charge in [0, 0.05) is 38.3 Å². The summed E-state index contributed by atoms with van der Waals surface area (Å²) in [6, 6.07) is -0.647. The molecule has 0 aromatic heterocycles. The number of anilines is 2. The minimum Gasteiger partial charge on any atom is -0.505 e. The Kier molecular flexibility index (Phi) is 9.27. The number of benzene rings is 1. The summed E-state index contributed by atoms with van der Waals surface area (Å²) in [5, 5.41) is 29.7. The smallest absolute Gasteiger partial charge is 0.238 e. The van der Waals surface area contributed by atoms with Crippen LogP contribution in [0.1, 0.15) is 36.7 Å². The van der Waals surface area contributed by atoms with Crippen LogP contribution in [-0.4, -0.2) is 128 Å². The number of phenolic OH excluding ortho intramolecular Hbond substituents is 1. The largest absolute Gasteiger partial charge is 0.505 e. The lowest BCUT2D eigenvalue weighted by molar-refractivity contribution is -0.184. The topological polar surface area (TPSA) is 203 Å². The maximum Gasteiger partial charge on any atom is 0.238 e. The summed E-state index contributed by atoms with van der Waals surface area (Å²) < 4.78 is 0. The molecule has 2 unspecified atom stereocenters. The first kappa shape index (κ1) is 35.1. The number of aromatic hydroxyl groups is 1. The second-order valence-electron chi connectivity index (χ2n) is 14.7. The number of aliphatic hydroxyl groups is 1. The molecule has 3 aliphatic rings. The Morgan fingerprint density at radius 1 is 1.04 bits per heavy atom. The fourth-order valence-electron chi connectivity index (χ4n) is 7.37. The molecule has 4 rings (SSSR count). The maximum absolute atomic E-state index is 14.5. The lowest BCUT2D eigenvalue weighted by Gasteiger charge is -2.56. The molecule has 6 N–H and O–H groups in total. The molecule has 0 heterocycles. The highest BCUT2D eigenvalue weighted by atomic mass is 16.3. The fraction of sp³-hybridized carbons (Fsp3) is 0.625. The Labute approximate surface area is 268 Å². The van der Waals surface area contributed by atoms with Crippen molar-refractivity contribution in [2.45, 2.75) is 44.9 Å². The van der Waals surface area contributed by atoms with Gasteiger partial charge in [-0.1, -0.05) is 20.8 Å². The molecule has 1 aromatic rings. The van der Waals surface area contributed by atoms with E-state index in [1.807, 2.05) is 20.8 Å². The number of carbonyl (C=O) groups is 6. The molecule has 14 nitrogen and oxygen atoms in total. The van der Waals surface area contributed by atoms with Gasteiger partial charge in [-0.15, -0.1) is 0 Å². The maximum atomic E-state index is 14.5. The first-order chi connectivity index (χ1) is 21.1. The lowest BCUT2D eigenvalue weighted by Crippen LogP contribution is -2.79. The number of amides is 2. The van der Waals surface area contributed by atoms with E-state index in [-0.39, 0.29) is 29.6 Å². The van der Waals surface area contributed by atoms with Crippen LogP contribution < -0.4 is 21.3 Å². The van der Waals surface area contributed by atoms with E-state index in [1.165, 1.54) is 4.90 Å². The normalized spacial score (nSPS) is 29.4. The van der Waals surface area contributed by atoms with Gasteiger partial charge in [0.1, 0.15) is 5.75 Å². The molecular weight excluding hydrogens is 596 g/mol. The minimum atomic E-state index is -2.91. The molecule has 3 aliphatic carbocycles. The van der Waals surface area contributed by atoms with Crippen molar-refractivity contribution in [2.75, 3.05) is 65.6 Å². The molecule has 2 fully saturated rings. The van der Waals surface area contributed by atoms with E-state index in [0.29, 0.717) is 17.8 Å². The van der Waals surface area contributed by atoms with E-state index in [0.717, 1.165) is 0 Å². The number of nitrogens with one attached hydrogen (secondary N) is 2. The van der Waals surface area contributed by atoms with E-state index in [9.17, 15) is 39.0 Å². The summed E-state index contributed by atoms with van der Waals surface area (Å²) >= 11 is 0. The number of rotatable bonds is 8. The predicted molar refractivity (Wildman–Crippen MR) is 169 cm³/mol. The summed E-state index contributed by atoms with van der Waals surface area (Å²) in [5.41, 5.74) is 2.93. The average Bonchev–Trinajstić information content (AvgIpc) is 2.90. The third kappa shape index (κ3) is 5.72. The van der Waals surface area contributed by atoms with E-state index in [1.54, 1.807) is 58.2 Å². The van der Waals surface area contributed by atoms with Crippen molar-refractivity contribution in [3.05, 3.63) is 17.2 Å². The molecule has 0 radical (unpaired) electrons. The van der Waals surface area contributed by atoms with Crippen molar-refractivity contribution in [2.24, 2.45) is 34.8 Å². The van der Waals surface area contributed by atoms with Crippen molar-refractivity contribution < 1.29 is 39.0 Å². The highest BCUT2D eigenvalue weighted by Crippen LogP contribution is 2.53. The molecule has 2 saturated carbocycles. The molecule has 0 bridgehead atoms. The number of phenols is 1. The number of likely N-dealkylation sites (N-methyl/N-ethyl adjacent to an activating group) is 2. The Morgan fingerprint density at radius 2 is 1.65 bits per heavy atom. The monoisotopic (exact) mass is 642 g/mol. The Bertz CT molecular complexity index is 1500. The van der Waals surface area contributed by atoms with Crippen LogP contribution >= 0.6 is 0 Å². The number of ketones is 4. The summed E-state index contributed by atoms with van der Waals surface area (Å²) in [4.78, 5) is 86.5. The van der Waals surface area contributed by atoms with Gasteiger partial charge in [0.15, 0.2) is 34.7 Å². The summed E-state index contributed by atoms with van der Waals surface area (Å²) in [5.74, 6) is -12.3. The molecule has 7 atom stereocenters. The van der Waals surface area contributed by atoms with E-state index in [2.05, 4.69) is 10.6 Å². The Balaban J connectivity index is 1.98. The van der Waals surface area contributed by atoms with Gasteiger partial charge in [-0.05, 0) is 57.6 Å². The molecule has 0 aliphatic heterocycles. The van der Waals surface area contributed by atoms with E-state index < -0.39 is 82.1 Å². The number of fused-ring (bicyclic) bond motifs is 3. The third-order valence-electron chi connectivity index (χ3n) is 9.25. The number of primary amides is 1. The highest BCUT2D eigenvalue weighted by molar-refractivity contribution is 6.32. The summed E-state index contributed by atoms with van der Waals surface area (Å²) in [7, 11) is 9.95. The molecule has 0 spiro atoms. The van der Waals surface area contributed by atoms with Crippen molar-refractivity contribution in [1.29, 1.82) is 0 Å². The van der Waals surface area contributed by atoms with Gasteiger partial charge in [0.05, 0.1) is 29.8 Å². The van der Waals surface area contributed by atoms with Gasteiger partial charge in [0.2, 0.25) is 11.8 Å². The number of carbonyl (C=O) groups excluding carboxylic acids is 6. The van der Waals surface area contributed by atoms with Gasteiger partial charge >= 0.3 is 0 Å². The van der Waals surface area contributed by atoms with Crippen molar-refractivity contribution >= 4 is 46.3 Å². The first-order valence-corrected chi connectivity index (χ1v) is 15.2. The zero-order valence-corrected chi connectivity index (χ0v) is 27.9. The number of Topliss-reactive ketones (excluding diaryl/α,β-unsaturated/α-hetero) is 4. The van der Waals surface area contributed by atoms with Crippen molar-refractivity contribution in [1.82, 2.24) is 15.1 Å². The summed E-state index contributed by atoms with van der Waals surface area (Å²) in [6.45, 7) is 6.19. The third-order valence-corrected chi connectivity index (χ3v) is 9.25. The van der Waals surface area contributed by atoms with E-state index in [4.69, 9.17) is 5.73 Å². The second kappa shape index (κ2) is 12.1. The van der Waals surface area contributed by atoms with Gasteiger partial charge in [-0.3, -0.25) is 33.7 Å². The Hall–Kier alpha value is -3.72. The van der Waals surface area contributed by atoms with Crippen molar-refractivity contribution in [3.8, 4) is 5.75 Å². The minimum absolute atomic E-state index is 0.00456. The van der Waals surface area contributed by atoms with Gasteiger partial charge in [0.25, 0.3) is 0 Å². The first-order valence-electron chi connectivity index (χ1n) is 15.2. The number of nitrogens with zero attached hydrogens (tertiary/aromatic N) is 3. The highest BCUT2D eigenvalue weighted by Gasteiger charge is 2.72. The lowest BCUT2D eigenvalue weighted by atomic mass is 9.50. The van der Waals surface area contributed by atoms with Gasteiger partial charge < -0.3 is 36.4 Å². The number of hydrogen-bond acceptors (Lipinski definition) is 12. The van der Waals surface area contributed by atoms with Crippen LogP contribution in [-0.2, 0) is 30.4 Å². The van der Waals surface area contributed by atoms with Crippen LogP contribution in [0.2, 0.25) is 0 Å². The molecule has 2 amide bonds. The van der Waals surface area contributed by atoms with Crippen LogP contribution in [0.4, 0.5) is 11.4 Å². The van der Waals surface area contributed by atoms with Gasteiger partial charge in [-0.2, -0.15) is 0 Å². The SMILES string of the molecule is CN(C)CC(=O)Nc1cc(N(C)C)c2c(c1O)C(=O)C1C(=O)[C@]3(O)C(=O)C(C(N)=O)C(=O)[C@@H](N(C)C)[C@@H]3[C@@H](NCC(C)(C)C)[C@@H]1C2. The molecule has 0 saturated heterocycles. The van der Waals surface area contributed by atoms with Crippen LogP contribution in [0.25, 0.3) is 0 Å². The zero-order valence-electron chi connectivity index (χ0n) is 27.9. The van der Waals surface area contributed by atoms with Crippen LogP contribution in [0, 0.1) is 29.1 Å². The van der Waals surface area contributed by atoms with Crippen LogP contribution in [0.3, 0.4) is 0 Å². The van der Waals surface area contributed by atoms with Crippen molar-refractivity contribution in [3.63, 3.8) is 0 Å². The molecule has 14 heteroatoms. The Morgan fingerprint density at radius 3 is 2.15 bits per heavy atom. The molecule has 252 valence electrons. The van der Waals surface area contributed by atoms with Crippen LogP contribution in [0.15, 0.2) is 6.07 Å². The quantitative estimate of drug-likeness (QED) is 0.172. The van der Waals surface area contributed by atoms with E-state index >= 15 is 0 Å². The number of nitrogens with two attached hydrogens (primary N) is 1. The molecule has 1 aromatic carbocycles. The summed E-state index contributed by atoms with van der Waals surface area (Å²) in [6.07, 6.45) is 0.0562. The van der Waals surface area contributed by atoms with Crippen LogP contribution in [0.5, 0.6) is 5.75 Å². The molecular formula is C32H46N6O8. The molecule has 46 heavy (non-hydrogen) atoms.